The predicted molar refractivity (Wildman–Crippen MR) is 131 cm³/mol. The summed E-state index contributed by atoms with van der Waals surface area (Å²) in [6, 6.07) is 9.95. The highest BCUT2D eigenvalue weighted by Gasteiger charge is 2.51. The Labute approximate surface area is 221 Å². The lowest BCUT2D eigenvalue weighted by Crippen LogP contribution is -2.50. The molecule has 0 radical (unpaired) electrons. The zero-order valence-electron chi connectivity index (χ0n) is 21.3. The maximum atomic E-state index is 13.6. The molecule has 0 atom stereocenters. The molecule has 3 fully saturated rings. The van der Waals surface area contributed by atoms with Crippen LogP contribution in [0.1, 0.15) is 61.0 Å². The lowest BCUT2D eigenvalue weighted by Gasteiger charge is -2.52. The van der Waals surface area contributed by atoms with Crippen LogP contribution in [-0.4, -0.2) is 27.2 Å². The molecule has 39 heavy (non-hydrogen) atoms. The van der Waals surface area contributed by atoms with E-state index in [0.717, 1.165) is 56.7 Å². The van der Waals surface area contributed by atoms with Crippen LogP contribution in [0.25, 0.3) is 11.4 Å². The van der Waals surface area contributed by atoms with Crippen LogP contribution < -0.4 is 5.32 Å². The molecule has 0 aliphatic heterocycles. The summed E-state index contributed by atoms with van der Waals surface area (Å²) in [4.78, 5) is 12.5. The second-order valence-corrected chi connectivity index (χ2v) is 10.9. The van der Waals surface area contributed by atoms with Crippen molar-refractivity contribution in [3.8, 4) is 11.4 Å². The van der Waals surface area contributed by atoms with Crippen LogP contribution in [0.4, 0.5) is 26.3 Å². The van der Waals surface area contributed by atoms with Gasteiger partial charge in [-0.3, -0.25) is 4.79 Å². The first-order chi connectivity index (χ1) is 18.3. The van der Waals surface area contributed by atoms with E-state index in [9.17, 15) is 31.1 Å². The Morgan fingerprint density at radius 1 is 0.872 bits per heavy atom. The van der Waals surface area contributed by atoms with Crippen LogP contribution in [0.2, 0.25) is 0 Å². The molecular weight excluding hydrogens is 522 g/mol. The fraction of sp³-hybridized carbons (Fsp3) is 0.464. The fourth-order valence-corrected chi connectivity index (χ4v) is 6.16. The molecule has 0 unspecified atom stereocenters. The van der Waals surface area contributed by atoms with Crippen molar-refractivity contribution in [3.63, 3.8) is 0 Å². The van der Waals surface area contributed by atoms with Crippen LogP contribution in [0.5, 0.6) is 0 Å². The van der Waals surface area contributed by atoms with Gasteiger partial charge in [-0.1, -0.05) is 30.3 Å². The first-order valence-electron chi connectivity index (χ1n) is 12.8. The normalized spacial score (nSPS) is 23.2. The van der Waals surface area contributed by atoms with Gasteiger partial charge in [0.05, 0.1) is 17.5 Å². The summed E-state index contributed by atoms with van der Waals surface area (Å²) in [5.74, 6) is 0.632. The summed E-state index contributed by atoms with van der Waals surface area (Å²) in [6.45, 7) is 0.478. The number of alkyl halides is 6. The first-order valence-corrected chi connectivity index (χ1v) is 12.8. The highest BCUT2D eigenvalue weighted by Crippen LogP contribution is 2.57. The highest BCUT2D eigenvalue weighted by molar-refractivity contribution is 5.78. The van der Waals surface area contributed by atoms with Crippen molar-refractivity contribution < 1.29 is 31.1 Å². The lowest BCUT2D eigenvalue weighted by molar-refractivity contribution is -0.138. The number of carbonyl (C=O) groups excluding carboxylic acids is 1. The van der Waals surface area contributed by atoms with Crippen LogP contribution in [-0.2, 0) is 36.0 Å². The summed E-state index contributed by atoms with van der Waals surface area (Å²) in [7, 11) is 1.71. The van der Waals surface area contributed by atoms with E-state index < -0.39 is 23.5 Å². The molecule has 0 saturated heterocycles. The van der Waals surface area contributed by atoms with Crippen LogP contribution >= 0.6 is 0 Å². The molecule has 11 heteroatoms. The van der Waals surface area contributed by atoms with Gasteiger partial charge in [0.1, 0.15) is 5.82 Å². The standard InChI is InChI=1S/C28H28F6N4O/c1-38-23(20-4-2-3-5-21(20)28(32,33)34)36-37-24(38)26-13-10-25(11-14-26,12-15-26)17-35-22(39)16-18-6-8-19(9-7-18)27(29,30)31/h2-9H,10-17H2,1H3,(H,35,39). The van der Waals surface area contributed by atoms with Gasteiger partial charge in [0, 0.05) is 24.6 Å². The van der Waals surface area contributed by atoms with Crippen LogP contribution in [0.15, 0.2) is 48.5 Å². The Kier molecular flexibility index (Phi) is 6.75. The number of hydrogen-bond acceptors (Lipinski definition) is 3. The van der Waals surface area contributed by atoms with Gasteiger partial charge < -0.3 is 9.88 Å². The summed E-state index contributed by atoms with van der Waals surface area (Å²) in [5.41, 5.74) is -1.35. The molecule has 2 bridgehead atoms. The number of benzene rings is 2. The van der Waals surface area contributed by atoms with E-state index in [1.807, 2.05) is 0 Å². The van der Waals surface area contributed by atoms with Gasteiger partial charge in [-0.05, 0) is 67.7 Å². The number of nitrogens with one attached hydrogen (secondary N) is 1. The maximum absolute atomic E-state index is 13.6. The molecule has 6 rings (SSSR count). The number of halogens is 6. The summed E-state index contributed by atoms with van der Waals surface area (Å²) >= 11 is 0. The lowest BCUT2D eigenvalue weighted by atomic mass is 9.53. The summed E-state index contributed by atoms with van der Waals surface area (Å²) < 4.78 is 80.8. The average molecular weight is 551 g/mol. The predicted octanol–water partition coefficient (Wildman–Crippen LogP) is 6.47. The van der Waals surface area contributed by atoms with Gasteiger partial charge in [-0.15, -0.1) is 10.2 Å². The van der Waals surface area contributed by atoms with Crippen molar-refractivity contribution in [2.45, 2.75) is 62.7 Å². The zero-order chi connectivity index (χ0) is 28.1. The van der Waals surface area contributed by atoms with Gasteiger partial charge in [0.2, 0.25) is 5.91 Å². The molecule has 0 spiro atoms. The van der Waals surface area contributed by atoms with Crippen molar-refractivity contribution in [1.82, 2.24) is 20.1 Å². The fourth-order valence-electron chi connectivity index (χ4n) is 6.16. The first kappa shape index (κ1) is 27.2. The largest absolute Gasteiger partial charge is 0.417 e. The van der Waals surface area contributed by atoms with Gasteiger partial charge in [-0.25, -0.2) is 0 Å². The second kappa shape index (κ2) is 9.67. The van der Waals surface area contributed by atoms with Crippen LogP contribution in [0.3, 0.4) is 0 Å². The van der Waals surface area contributed by atoms with Crippen molar-refractivity contribution in [1.29, 1.82) is 0 Å². The zero-order valence-corrected chi connectivity index (χ0v) is 21.3. The van der Waals surface area contributed by atoms with E-state index >= 15 is 0 Å². The Morgan fingerprint density at radius 3 is 2.08 bits per heavy atom. The minimum atomic E-state index is -4.51. The molecule has 3 aliphatic rings. The van der Waals surface area contributed by atoms with E-state index in [1.165, 1.54) is 24.3 Å². The second-order valence-electron chi connectivity index (χ2n) is 10.9. The quantitative estimate of drug-likeness (QED) is 0.358. The van der Waals surface area contributed by atoms with Gasteiger partial charge in [0.15, 0.2) is 5.82 Å². The smallest absolute Gasteiger partial charge is 0.355 e. The molecule has 208 valence electrons. The molecule has 3 saturated carbocycles. The monoisotopic (exact) mass is 550 g/mol. The third-order valence-electron chi connectivity index (χ3n) is 8.53. The summed E-state index contributed by atoms with van der Waals surface area (Å²) in [6.07, 6.45) is -4.08. The highest BCUT2D eigenvalue weighted by atomic mass is 19.4. The Morgan fingerprint density at radius 2 is 1.49 bits per heavy atom. The van der Waals surface area contributed by atoms with Gasteiger partial charge in [0.25, 0.3) is 0 Å². The molecule has 1 aromatic heterocycles. The number of nitrogens with zero attached hydrogens (tertiary/aromatic N) is 3. The summed E-state index contributed by atoms with van der Waals surface area (Å²) in [5, 5.41) is 11.5. The van der Waals surface area contributed by atoms with E-state index in [1.54, 1.807) is 17.7 Å². The SMILES string of the molecule is Cn1c(-c2ccccc2C(F)(F)F)nnc1C12CCC(CNC(=O)Cc3ccc(C(F)(F)F)cc3)(CC1)CC2. The minimum absolute atomic E-state index is 0.000579. The Balaban J connectivity index is 1.23. The number of fused-ring (bicyclic) bond motifs is 3. The van der Waals surface area contributed by atoms with Crippen molar-refractivity contribution >= 4 is 5.91 Å². The molecule has 1 heterocycles. The van der Waals surface area contributed by atoms with Crippen LogP contribution in [0, 0.1) is 5.41 Å². The Bertz CT molecular complexity index is 1340. The number of amides is 1. The minimum Gasteiger partial charge on any atom is -0.355 e. The average Bonchev–Trinajstić information content (AvgIpc) is 3.30. The number of hydrogen-bond donors (Lipinski definition) is 1. The Hall–Kier alpha value is -3.37. The molecular formula is C28H28F6N4O. The van der Waals surface area contributed by atoms with Gasteiger partial charge in [-0.2, -0.15) is 26.3 Å². The van der Waals surface area contributed by atoms with Crippen molar-refractivity contribution in [2.24, 2.45) is 12.5 Å². The van der Waals surface area contributed by atoms with E-state index in [4.69, 9.17) is 0 Å². The third-order valence-corrected chi connectivity index (χ3v) is 8.53. The van der Waals surface area contributed by atoms with Gasteiger partial charge >= 0.3 is 12.4 Å². The molecule has 1 amide bonds. The molecule has 2 aromatic carbocycles. The van der Waals surface area contributed by atoms with E-state index in [0.29, 0.717) is 17.9 Å². The van der Waals surface area contributed by atoms with Crippen molar-refractivity contribution in [2.75, 3.05) is 6.54 Å². The molecule has 1 N–H and O–H groups in total. The molecule has 5 nitrogen and oxygen atoms in total. The van der Waals surface area contributed by atoms with E-state index in [-0.39, 0.29) is 34.5 Å². The number of rotatable bonds is 6. The van der Waals surface area contributed by atoms with E-state index in [2.05, 4.69) is 15.5 Å². The third kappa shape index (κ3) is 5.27. The maximum Gasteiger partial charge on any atom is 0.417 e. The topological polar surface area (TPSA) is 59.8 Å². The molecule has 3 aliphatic carbocycles. The number of carbonyl (C=O) groups is 1. The van der Waals surface area contributed by atoms with Crippen molar-refractivity contribution in [3.05, 3.63) is 71.0 Å². The number of aromatic nitrogens is 3. The molecule has 3 aromatic rings.